The molecular weight excluding hydrogens is 246 g/mol. The van der Waals surface area contributed by atoms with Crippen LogP contribution in [0.2, 0.25) is 4.34 Å². The normalized spacial score (nSPS) is 10.6. The summed E-state index contributed by atoms with van der Waals surface area (Å²) < 4.78 is 5.71. The van der Waals surface area contributed by atoms with Crippen LogP contribution in [0.1, 0.15) is 5.69 Å². The van der Waals surface area contributed by atoms with Crippen LogP contribution in [-0.4, -0.2) is 17.1 Å². The molecule has 2 aromatic rings. The minimum atomic E-state index is 0.416. The summed E-state index contributed by atoms with van der Waals surface area (Å²) in [5.41, 5.74) is 6.46. The third-order valence-corrected chi connectivity index (χ3v) is 3.11. The summed E-state index contributed by atoms with van der Waals surface area (Å²) in [5, 5.41) is 0. The zero-order valence-corrected chi connectivity index (χ0v) is 10.2. The monoisotopic (exact) mass is 255 g/mol. The number of nitrogens with zero attached hydrogens (tertiary/aromatic N) is 2. The van der Waals surface area contributed by atoms with Gasteiger partial charge in [-0.15, -0.1) is 11.3 Å². The second-order valence-corrected chi connectivity index (χ2v) is 4.86. The van der Waals surface area contributed by atoms with E-state index in [1.807, 2.05) is 12.1 Å². The molecule has 0 radical (unpaired) electrons. The van der Waals surface area contributed by atoms with Crippen molar-refractivity contribution in [3.63, 3.8) is 0 Å². The maximum absolute atomic E-state index is 5.86. The molecule has 0 aliphatic carbocycles. The van der Waals surface area contributed by atoms with E-state index in [1.54, 1.807) is 13.2 Å². The second-order valence-electron chi connectivity index (χ2n) is 3.14. The summed E-state index contributed by atoms with van der Waals surface area (Å²) >= 11 is 7.28. The van der Waals surface area contributed by atoms with E-state index in [2.05, 4.69) is 9.97 Å². The summed E-state index contributed by atoms with van der Waals surface area (Å²) in [7, 11) is 1.61. The Morgan fingerprint density at radius 3 is 2.88 bits per heavy atom. The van der Waals surface area contributed by atoms with E-state index in [9.17, 15) is 0 Å². The van der Waals surface area contributed by atoms with Gasteiger partial charge in [0.15, 0.2) is 5.82 Å². The first-order valence-electron chi connectivity index (χ1n) is 4.57. The molecule has 2 N–H and O–H groups in total. The molecule has 0 spiro atoms. The molecule has 0 unspecified atom stereocenters. The van der Waals surface area contributed by atoms with Crippen molar-refractivity contribution >= 4 is 28.8 Å². The third kappa shape index (κ3) is 2.49. The van der Waals surface area contributed by atoms with E-state index in [0.29, 0.717) is 22.6 Å². The van der Waals surface area contributed by atoms with Crippen molar-refractivity contribution in [2.45, 2.75) is 6.61 Å². The lowest BCUT2D eigenvalue weighted by Crippen LogP contribution is -2.00. The quantitative estimate of drug-likeness (QED) is 0.916. The highest BCUT2D eigenvalue weighted by Gasteiger charge is 2.07. The maximum atomic E-state index is 5.86. The van der Waals surface area contributed by atoms with Crippen LogP contribution in [0.25, 0.3) is 10.7 Å². The lowest BCUT2D eigenvalue weighted by atomic mass is 10.3. The lowest BCUT2D eigenvalue weighted by molar-refractivity contribution is 0.181. The molecule has 2 heterocycles. The van der Waals surface area contributed by atoms with Gasteiger partial charge in [-0.05, 0) is 12.1 Å². The molecule has 84 valence electrons. The van der Waals surface area contributed by atoms with Gasteiger partial charge in [0.1, 0.15) is 5.82 Å². The van der Waals surface area contributed by atoms with Gasteiger partial charge in [-0.3, -0.25) is 0 Å². The van der Waals surface area contributed by atoms with Gasteiger partial charge >= 0.3 is 0 Å². The number of ether oxygens (including phenoxy) is 1. The summed E-state index contributed by atoms with van der Waals surface area (Å²) in [6, 6.07) is 5.38. The Morgan fingerprint density at radius 2 is 2.25 bits per heavy atom. The number of hydrogen-bond acceptors (Lipinski definition) is 5. The van der Waals surface area contributed by atoms with Crippen molar-refractivity contribution in [2.24, 2.45) is 0 Å². The van der Waals surface area contributed by atoms with Gasteiger partial charge in [-0.2, -0.15) is 0 Å². The van der Waals surface area contributed by atoms with E-state index in [-0.39, 0.29) is 0 Å². The Bertz CT molecular complexity index is 501. The number of methoxy groups -OCH3 is 1. The molecule has 0 fully saturated rings. The zero-order chi connectivity index (χ0) is 11.5. The summed E-state index contributed by atoms with van der Waals surface area (Å²) in [5.74, 6) is 1.02. The van der Waals surface area contributed by atoms with Crippen molar-refractivity contribution < 1.29 is 4.74 Å². The van der Waals surface area contributed by atoms with E-state index < -0.39 is 0 Å². The number of nitrogens with two attached hydrogens (primary N) is 1. The Balaban J connectivity index is 2.40. The highest BCUT2D eigenvalue weighted by atomic mass is 35.5. The molecule has 0 amide bonds. The van der Waals surface area contributed by atoms with Crippen LogP contribution >= 0.6 is 22.9 Å². The smallest absolute Gasteiger partial charge is 0.171 e. The van der Waals surface area contributed by atoms with Crippen molar-refractivity contribution in [2.75, 3.05) is 12.8 Å². The zero-order valence-electron chi connectivity index (χ0n) is 8.61. The fraction of sp³-hybridized carbons (Fsp3) is 0.200. The number of aromatic nitrogens is 2. The molecular formula is C10H10ClN3OS. The molecule has 6 heteroatoms. The topological polar surface area (TPSA) is 61.0 Å². The van der Waals surface area contributed by atoms with Gasteiger partial charge in [-0.25, -0.2) is 9.97 Å². The summed E-state index contributed by atoms with van der Waals surface area (Å²) in [6.45, 7) is 0.416. The summed E-state index contributed by atoms with van der Waals surface area (Å²) in [4.78, 5) is 9.40. The molecule has 16 heavy (non-hydrogen) atoms. The summed E-state index contributed by atoms with van der Waals surface area (Å²) in [6.07, 6.45) is 0. The standard InChI is InChI=1S/C10H10ClN3OS/c1-15-5-6-4-9(12)14-10(13-6)7-2-3-8(11)16-7/h2-4H,5H2,1H3,(H2,12,13,14). The van der Waals surface area contributed by atoms with E-state index in [0.717, 1.165) is 10.6 Å². The predicted octanol–water partition coefficient (Wildman–Crippen LogP) is 2.59. The highest BCUT2D eigenvalue weighted by molar-refractivity contribution is 7.19. The number of hydrogen-bond donors (Lipinski definition) is 1. The second kappa shape index (κ2) is 4.78. The first-order chi connectivity index (χ1) is 7.69. The molecule has 0 aromatic carbocycles. The van der Waals surface area contributed by atoms with Gasteiger partial charge in [0.25, 0.3) is 0 Å². The van der Waals surface area contributed by atoms with Crippen molar-refractivity contribution in [1.82, 2.24) is 9.97 Å². The molecule has 2 aromatic heterocycles. The fourth-order valence-electron chi connectivity index (χ4n) is 1.29. The van der Waals surface area contributed by atoms with Crippen molar-refractivity contribution in [3.8, 4) is 10.7 Å². The minimum absolute atomic E-state index is 0.416. The Labute approximate surface area is 102 Å². The van der Waals surface area contributed by atoms with Crippen LogP contribution in [0.4, 0.5) is 5.82 Å². The van der Waals surface area contributed by atoms with E-state index in [1.165, 1.54) is 11.3 Å². The van der Waals surface area contributed by atoms with Gasteiger partial charge in [-0.1, -0.05) is 11.6 Å². The molecule has 0 saturated heterocycles. The van der Waals surface area contributed by atoms with Gasteiger partial charge in [0, 0.05) is 13.2 Å². The van der Waals surface area contributed by atoms with Crippen LogP contribution in [-0.2, 0) is 11.3 Å². The minimum Gasteiger partial charge on any atom is -0.384 e. The SMILES string of the molecule is COCc1cc(N)nc(-c2ccc(Cl)s2)n1. The van der Waals surface area contributed by atoms with Gasteiger partial charge in [0.2, 0.25) is 0 Å². The van der Waals surface area contributed by atoms with E-state index in [4.69, 9.17) is 22.1 Å². The number of rotatable bonds is 3. The van der Waals surface area contributed by atoms with Crippen LogP contribution in [0.5, 0.6) is 0 Å². The average Bonchev–Trinajstić information content (AvgIpc) is 2.64. The lowest BCUT2D eigenvalue weighted by Gasteiger charge is -2.03. The fourth-order valence-corrected chi connectivity index (χ4v) is 2.26. The molecule has 0 aliphatic heterocycles. The largest absolute Gasteiger partial charge is 0.384 e. The number of nitrogen functional groups attached to an aromatic ring is 1. The number of thiophene rings is 1. The Kier molecular flexibility index (Phi) is 3.38. The Hall–Kier alpha value is -1.17. The molecule has 0 atom stereocenters. The first kappa shape index (κ1) is 11.3. The van der Waals surface area contributed by atoms with Crippen LogP contribution in [0.15, 0.2) is 18.2 Å². The Morgan fingerprint density at radius 1 is 1.44 bits per heavy atom. The molecule has 2 rings (SSSR count). The molecule has 0 aliphatic rings. The molecule has 0 saturated carbocycles. The molecule has 0 bridgehead atoms. The van der Waals surface area contributed by atoms with Gasteiger partial charge in [0.05, 0.1) is 21.5 Å². The van der Waals surface area contributed by atoms with Crippen LogP contribution in [0, 0.1) is 0 Å². The number of anilines is 1. The van der Waals surface area contributed by atoms with Gasteiger partial charge < -0.3 is 10.5 Å². The predicted molar refractivity (Wildman–Crippen MR) is 65.5 cm³/mol. The number of halogens is 1. The van der Waals surface area contributed by atoms with Crippen LogP contribution in [0.3, 0.4) is 0 Å². The molecule has 4 nitrogen and oxygen atoms in total. The highest BCUT2D eigenvalue weighted by Crippen LogP contribution is 2.29. The third-order valence-electron chi connectivity index (χ3n) is 1.88. The van der Waals surface area contributed by atoms with Crippen LogP contribution < -0.4 is 5.73 Å². The maximum Gasteiger partial charge on any atom is 0.171 e. The van der Waals surface area contributed by atoms with E-state index >= 15 is 0 Å². The first-order valence-corrected chi connectivity index (χ1v) is 5.76. The van der Waals surface area contributed by atoms with Crippen molar-refractivity contribution in [3.05, 3.63) is 28.2 Å². The average molecular weight is 256 g/mol. The van der Waals surface area contributed by atoms with Crippen molar-refractivity contribution in [1.29, 1.82) is 0 Å².